The fourth-order valence-electron chi connectivity index (χ4n) is 3.44. The fraction of sp³-hybridized carbons (Fsp3) is 0.400. The quantitative estimate of drug-likeness (QED) is 0.732. The first kappa shape index (κ1) is 18.6. The van der Waals surface area contributed by atoms with E-state index in [0.717, 1.165) is 30.2 Å². The van der Waals surface area contributed by atoms with Crippen molar-refractivity contribution in [1.82, 2.24) is 19.9 Å². The lowest BCUT2D eigenvalue weighted by molar-refractivity contribution is 0.0943. The number of aromatic nitrogens is 3. The third kappa shape index (κ3) is 3.91. The highest BCUT2D eigenvalue weighted by molar-refractivity contribution is 7.20. The van der Waals surface area contributed by atoms with Crippen molar-refractivity contribution in [2.24, 2.45) is 5.92 Å². The van der Waals surface area contributed by atoms with Crippen molar-refractivity contribution in [3.05, 3.63) is 57.5 Å². The fourth-order valence-corrected chi connectivity index (χ4v) is 4.38. The highest BCUT2D eigenvalue weighted by Gasteiger charge is 2.22. The zero-order chi connectivity index (χ0) is 19.7. The standard InChI is InChI=1S/C20H23N5O2S/c1-13-5-7-15(8-6-13)11-21-18(27)16-10-17(26)22-19-25(16)23-20(28-19)24-9-3-4-14(2)12-24/h5-8,10,14H,3-4,9,11-12H2,1-2H3,(H,21,27)/t14-/m1/s1. The maximum atomic E-state index is 12.7. The molecule has 0 saturated carbocycles. The zero-order valence-corrected chi connectivity index (χ0v) is 16.8. The van der Waals surface area contributed by atoms with Crippen LogP contribution in [0.4, 0.5) is 5.13 Å². The van der Waals surface area contributed by atoms with Gasteiger partial charge >= 0.3 is 0 Å². The van der Waals surface area contributed by atoms with Crippen LogP contribution in [0.15, 0.2) is 35.1 Å². The first-order valence-corrected chi connectivity index (χ1v) is 10.3. The Morgan fingerprint density at radius 3 is 2.86 bits per heavy atom. The van der Waals surface area contributed by atoms with Crippen LogP contribution in [0, 0.1) is 12.8 Å². The molecule has 146 valence electrons. The molecular formula is C20H23N5O2S. The average Bonchev–Trinajstić information content (AvgIpc) is 3.10. The summed E-state index contributed by atoms with van der Waals surface area (Å²) in [5.74, 6) is 0.269. The van der Waals surface area contributed by atoms with Crippen LogP contribution in [0.5, 0.6) is 0 Å². The van der Waals surface area contributed by atoms with Crippen LogP contribution in [0.2, 0.25) is 0 Å². The van der Waals surface area contributed by atoms with E-state index in [9.17, 15) is 9.59 Å². The highest BCUT2D eigenvalue weighted by atomic mass is 32.1. The molecule has 3 aromatic rings. The van der Waals surface area contributed by atoms with Crippen LogP contribution in [0.25, 0.3) is 4.96 Å². The van der Waals surface area contributed by atoms with Gasteiger partial charge in [0, 0.05) is 25.7 Å². The van der Waals surface area contributed by atoms with Gasteiger partial charge in [0.25, 0.3) is 11.5 Å². The third-order valence-corrected chi connectivity index (χ3v) is 5.95. The van der Waals surface area contributed by atoms with Gasteiger partial charge < -0.3 is 10.2 Å². The minimum absolute atomic E-state index is 0.217. The number of aryl methyl sites for hydroxylation is 1. The van der Waals surface area contributed by atoms with Crippen molar-refractivity contribution in [1.29, 1.82) is 0 Å². The molecule has 1 N–H and O–H groups in total. The van der Waals surface area contributed by atoms with Gasteiger partial charge in [0.15, 0.2) is 0 Å². The summed E-state index contributed by atoms with van der Waals surface area (Å²) in [6.45, 7) is 6.50. The molecule has 0 radical (unpaired) electrons. The number of fused-ring (bicyclic) bond motifs is 1. The number of nitrogens with zero attached hydrogens (tertiary/aromatic N) is 4. The molecule has 1 saturated heterocycles. The van der Waals surface area contributed by atoms with Crippen molar-refractivity contribution in [3.63, 3.8) is 0 Å². The number of nitrogens with one attached hydrogen (secondary N) is 1. The summed E-state index contributed by atoms with van der Waals surface area (Å²) >= 11 is 1.35. The highest BCUT2D eigenvalue weighted by Crippen LogP contribution is 2.27. The van der Waals surface area contributed by atoms with Crippen molar-refractivity contribution in [2.45, 2.75) is 33.2 Å². The van der Waals surface area contributed by atoms with Crippen LogP contribution in [0.3, 0.4) is 0 Å². The average molecular weight is 398 g/mol. The van der Waals surface area contributed by atoms with Crippen LogP contribution >= 0.6 is 11.3 Å². The second-order valence-electron chi connectivity index (χ2n) is 7.42. The number of rotatable bonds is 4. The molecule has 1 atom stereocenters. The molecule has 1 aromatic carbocycles. The summed E-state index contributed by atoms with van der Waals surface area (Å²) in [6.07, 6.45) is 2.33. The number of amides is 1. The van der Waals surface area contributed by atoms with Gasteiger partial charge in [-0.25, -0.2) is 0 Å². The molecule has 0 spiro atoms. The molecule has 28 heavy (non-hydrogen) atoms. The molecule has 0 aliphatic carbocycles. The van der Waals surface area contributed by atoms with E-state index in [-0.39, 0.29) is 11.6 Å². The van der Waals surface area contributed by atoms with Gasteiger partial charge in [-0.05, 0) is 31.2 Å². The summed E-state index contributed by atoms with van der Waals surface area (Å²) in [5.41, 5.74) is 1.95. The Balaban J connectivity index is 1.59. The van der Waals surface area contributed by atoms with E-state index >= 15 is 0 Å². The van der Waals surface area contributed by atoms with Gasteiger partial charge in [0.2, 0.25) is 10.1 Å². The summed E-state index contributed by atoms with van der Waals surface area (Å²) in [6, 6.07) is 9.20. The van der Waals surface area contributed by atoms with Crippen molar-refractivity contribution in [3.8, 4) is 0 Å². The summed E-state index contributed by atoms with van der Waals surface area (Å²) in [7, 11) is 0. The predicted molar refractivity (Wildman–Crippen MR) is 110 cm³/mol. The Kier molecular flexibility index (Phi) is 5.13. The largest absolute Gasteiger partial charge is 0.347 e. The molecule has 8 heteroatoms. The Morgan fingerprint density at radius 1 is 1.32 bits per heavy atom. The maximum Gasteiger partial charge on any atom is 0.274 e. The maximum absolute atomic E-state index is 12.7. The summed E-state index contributed by atoms with van der Waals surface area (Å²) in [4.78, 5) is 31.5. The van der Waals surface area contributed by atoms with Gasteiger partial charge in [0.1, 0.15) is 5.69 Å². The van der Waals surface area contributed by atoms with Gasteiger partial charge in [-0.15, -0.1) is 5.10 Å². The molecule has 3 heterocycles. The predicted octanol–water partition coefficient (Wildman–Crippen LogP) is 2.63. The molecule has 0 unspecified atom stereocenters. The van der Waals surface area contributed by atoms with E-state index in [1.165, 1.54) is 33.9 Å². The normalized spacial score (nSPS) is 17.1. The number of carbonyl (C=O) groups is 1. The SMILES string of the molecule is Cc1ccc(CNC(=O)c2cc(=O)nc3sc(N4CCC[C@@H](C)C4)nn23)cc1. The Hall–Kier alpha value is -2.74. The molecule has 1 fully saturated rings. The zero-order valence-electron chi connectivity index (χ0n) is 16.0. The smallest absolute Gasteiger partial charge is 0.274 e. The molecule has 2 aromatic heterocycles. The third-order valence-electron chi connectivity index (χ3n) is 4.98. The van der Waals surface area contributed by atoms with Crippen LogP contribution in [-0.2, 0) is 6.54 Å². The van der Waals surface area contributed by atoms with Gasteiger partial charge in [0.05, 0.1) is 0 Å². The lowest BCUT2D eigenvalue weighted by Crippen LogP contribution is -2.34. The molecule has 0 bridgehead atoms. The number of hydrogen-bond acceptors (Lipinski definition) is 6. The lowest BCUT2D eigenvalue weighted by Gasteiger charge is -2.30. The second kappa shape index (κ2) is 7.71. The topological polar surface area (TPSA) is 79.6 Å². The van der Waals surface area contributed by atoms with E-state index in [0.29, 0.717) is 17.4 Å². The Labute approximate surface area is 167 Å². The van der Waals surface area contributed by atoms with E-state index in [1.54, 1.807) is 0 Å². The molecule has 1 aliphatic rings. The number of hydrogen-bond donors (Lipinski definition) is 1. The molecule has 4 rings (SSSR count). The number of carbonyl (C=O) groups excluding carboxylic acids is 1. The summed E-state index contributed by atoms with van der Waals surface area (Å²) < 4.78 is 1.49. The first-order chi connectivity index (χ1) is 13.5. The van der Waals surface area contributed by atoms with Crippen LogP contribution in [-0.4, -0.2) is 33.6 Å². The summed E-state index contributed by atoms with van der Waals surface area (Å²) in [5, 5.41) is 8.28. The molecule has 1 aliphatic heterocycles. The van der Waals surface area contributed by atoms with Gasteiger partial charge in [-0.2, -0.15) is 9.50 Å². The molecule has 7 nitrogen and oxygen atoms in total. The van der Waals surface area contributed by atoms with Crippen molar-refractivity contribution in [2.75, 3.05) is 18.0 Å². The number of benzene rings is 1. The van der Waals surface area contributed by atoms with E-state index in [2.05, 4.69) is 27.2 Å². The number of anilines is 1. The molecule has 1 amide bonds. The Morgan fingerprint density at radius 2 is 2.11 bits per heavy atom. The van der Waals surface area contributed by atoms with Crippen molar-refractivity contribution < 1.29 is 4.79 Å². The van der Waals surface area contributed by atoms with E-state index in [1.807, 2.05) is 31.2 Å². The van der Waals surface area contributed by atoms with Crippen LogP contribution < -0.4 is 15.8 Å². The minimum Gasteiger partial charge on any atom is -0.347 e. The molecular weight excluding hydrogens is 374 g/mol. The van der Waals surface area contributed by atoms with Crippen molar-refractivity contribution >= 4 is 27.3 Å². The minimum atomic E-state index is -0.428. The lowest BCUT2D eigenvalue weighted by atomic mass is 10.0. The Bertz CT molecular complexity index is 1060. The number of piperidine rings is 1. The van der Waals surface area contributed by atoms with E-state index in [4.69, 9.17) is 0 Å². The van der Waals surface area contributed by atoms with Gasteiger partial charge in [-0.1, -0.05) is 48.1 Å². The monoisotopic (exact) mass is 397 g/mol. The second-order valence-corrected chi connectivity index (χ2v) is 8.35. The van der Waals surface area contributed by atoms with E-state index < -0.39 is 5.56 Å². The first-order valence-electron chi connectivity index (χ1n) is 9.49. The van der Waals surface area contributed by atoms with Crippen LogP contribution in [0.1, 0.15) is 41.4 Å². The van der Waals surface area contributed by atoms with Gasteiger partial charge in [-0.3, -0.25) is 9.59 Å².